The third-order valence-corrected chi connectivity index (χ3v) is 6.30. The van der Waals surface area contributed by atoms with Crippen LogP contribution in [-0.2, 0) is 6.18 Å². The number of alkyl halides is 3. The van der Waals surface area contributed by atoms with Crippen molar-refractivity contribution in [1.29, 1.82) is 0 Å². The van der Waals surface area contributed by atoms with Gasteiger partial charge in [0.15, 0.2) is 0 Å². The molecule has 2 aromatic rings. The molecule has 1 fully saturated rings. The Balaban J connectivity index is 1.82. The summed E-state index contributed by atoms with van der Waals surface area (Å²) in [5.41, 5.74) is 3.55. The van der Waals surface area contributed by atoms with Gasteiger partial charge in [0, 0.05) is 11.2 Å². The molecule has 2 aliphatic rings. The number of hydrogen-bond donors (Lipinski definition) is 0. The summed E-state index contributed by atoms with van der Waals surface area (Å²) in [6.45, 7) is 0.953. The van der Waals surface area contributed by atoms with Crippen molar-refractivity contribution < 1.29 is 13.2 Å². The molecule has 1 heterocycles. The van der Waals surface area contributed by atoms with Gasteiger partial charge in [-0.25, -0.2) is 0 Å². The van der Waals surface area contributed by atoms with Gasteiger partial charge in [-0.3, -0.25) is 0 Å². The first-order chi connectivity index (χ1) is 11.3. The van der Waals surface area contributed by atoms with Gasteiger partial charge in [-0.2, -0.15) is 13.2 Å². The normalized spacial score (nSPS) is 23.9. The molecule has 0 amide bonds. The average molecular weight is 351 g/mol. The molecule has 1 aromatic carbocycles. The summed E-state index contributed by atoms with van der Waals surface area (Å²) >= 11 is 1.43. The predicted octanol–water partition coefficient (Wildman–Crippen LogP) is 5.67. The molecule has 128 valence electrons. The molecule has 2 unspecified atom stereocenters. The molecule has 2 bridgehead atoms. The number of nitrogens with zero attached hydrogens (tertiary/aromatic N) is 1. The number of halogens is 3. The van der Waals surface area contributed by atoms with Crippen LogP contribution in [0.25, 0.3) is 15.7 Å². The van der Waals surface area contributed by atoms with Crippen molar-refractivity contribution in [3.8, 4) is 0 Å². The number of allylic oxidation sites excluding steroid dienone is 1. The number of hydrogen-bond acceptors (Lipinski definition) is 2. The lowest BCUT2D eigenvalue weighted by molar-refractivity contribution is -0.137. The minimum absolute atomic E-state index is 0.557. The Morgan fingerprint density at radius 1 is 1.17 bits per heavy atom. The second-order valence-corrected chi connectivity index (χ2v) is 8.15. The van der Waals surface area contributed by atoms with Crippen molar-refractivity contribution in [2.24, 2.45) is 11.8 Å². The molecule has 4 rings (SSSR count). The number of rotatable bonds is 3. The Morgan fingerprint density at radius 2 is 1.92 bits per heavy atom. The van der Waals surface area contributed by atoms with Crippen LogP contribution in [0, 0.1) is 11.8 Å². The number of thiophene rings is 1. The predicted molar refractivity (Wildman–Crippen MR) is 93.1 cm³/mol. The lowest BCUT2D eigenvalue weighted by atomic mass is 9.87. The van der Waals surface area contributed by atoms with Crippen molar-refractivity contribution >= 4 is 27.0 Å². The number of benzene rings is 1. The van der Waals surface area contributed by atoms with Crippen LogP contribution in [0.3, 0.4) is 0 Å². The first-order valence-electron chi connectivity index (χ1n) is 8.31. The molecule has 24 heavy (non-hydrogen) atoms. The molecule has 0 radical (unpaired) electrons. The highest BCUT2D eigenvalue weighted by atomic mass is 32.1. The minimum Gasteiger partial charge on any atom is -0.305 e. The fourth-order valence-electron chi connectivity index (χ4n) is 4.40. The Morgan fingerprint density at radius 3 is 2.62 bits per heavy atom. The van der Waals surface area contributed by atoms with Crippen LogP contribution in [0.5, 0.6) is 0 Å². The zero-order valence-electron chi connectivity index (χ0n) is 13.8. The van der Waals surface area contributed by atoms with E-state index >= 15 is 0 Å². The quantitative estimate of drug-likeness (QED) is 0.689. The third-order valence-electron chi connectivity index (χ3n) is 5.36. The second-order valence-electron chi connectivity index (χ2n) is 7.24. The summed E-state index contributed by atoms with van der Waals surface area (Å²) in [7, 11) is 4.16. The zero-order valence-corrected chi connectivity index (χ0v) is 14.6. The Labute approximate surface area is 143 Å². The third kappa shape index (κ3) is 2.58. The highest BCUT2D eigenvalue weighted by molar-refractivity contribution is 7.17. The van der Waals surface area contributed by atoms with Crippen LogP contribution >= 0.6 is 11.3 Å². The van der Waals surface area contributed by atoms with Gasteiger partial charge >= 0.3 is 6.18 Å². The number of likely N-dealkylation sites (N-methyl/N-ethyl adjacent to an activating group) is 1. The maximum Gasteiger partial charge on any atom is 0.416 e. The number of fused-ring (bicyclic) bond motifs is 3. The van der Waals surface area contributed by atoms with Gasteiger partial charge in [-0.1, -0.05) is 6.07 Å². The molecule has 2 atom stereocenters. The molecule has 0 saturated heterocycles. The van der Waals surface area contributed by atoms with Crippen molar-refractivity contribution in [1.82, 2.24) is 4.90 Å². The minimum atomic E-state index is -4.28. The van der Waals surface area contributed by atoms with Crippen molar-refractivity contribution in [3.63, 3.8) is 0 Å². The van der Waals surface area contributed by atoms with Crippen LogP contribution in [0.15, 0.2) is 29.2 Å². The first kappa shape index (κ1) is 16.2. The van der Waals surface area contributed by atoms with E-state index in [1.54, 1.807) is 6.07 Å². The lowest BCUT2D eigenvalue weighted by Gasteiger charge is -2.22. The Kier molecular flexibility index (Phi) is 3.77. The SMILES string of the molecule is CN(C)CC1=C(c2csc3cc(C(F)(F)F)ccc23)C2CCC1C2. The lowest BCUT2D eigenvalue weighted by Crippen LogP contribution is -2.19. The van der Waals surface area contributed by atoms with E-state index in [9.17, 15) is 13.2 Å². The second kappa shape index (κ2) is 5.60. The summed E-state index contributed by atoms with van der Waals surface area (Å²) < 4.78 is 39.6. The van der Waals surface area contributed by atoms with Gasteiger partial charge in [-0.05, 0) is 84.8 Å². The van der Waals surface area contributed by atoms with E-state index < -0.39 is 11.7 Å². The monoisotopic (exact) mass is 351 g/mol. The van der Waals surface area contributed by atoms with Gasteiger partial charge in [-0.15, -0.1) is 11.3 Å². The van der Waals surface area contributed by atoms with E-state index in [0.29, 0.717) is 11.8 Å². The highest BCUT2D eigenvalue weighted by Gasteiger charge is 2.40. The van der Waals surface area contributed by atoms with E-state index in [0.717, 1.165) is 16.6 Å². The summed E-state index contributed by atoms with van der Waals surface area (Å²) in [6, 6.07) is 4.18. The standard InChI is InChI=1S/C19H20F3NS/c1-23(2)9-15-11-3-4-12(7-11)18(15)16-10-24-17-8-13(19(20,21)22)5-6-14(16)17/h5-6,8,10-12H,3-4,7,9H2,1-2H3. The first-order valence-corrected chi connectivity index (χ1v) is 9.19. The van der Waals surface area contributed by atoms with Crippen LogP contribution in [0.1, 0.15) is 30.4 Å². The van der Waals surface area contributed by atoms with E-state index in [2.05, 4.69) is 24.4 Å². The van der Waals surface area contributed by atoms with Crippen molar-refractivity contribution in [3.05, 3.63) is 40.3 Å². The smallest absolute Gasteiger partial charge is 0.305 e. The molecular weight excluding hydrogens is 331 g/mol. The topological polar surface area (TPSA) is 3.24 Å². The van der Waals surface area contributed by atoms with Crippen LogP contribution < -0.4 is 0 Å². The molecule has 1 saturated carbocycles. The van der Waals surface area contributed by atoms with E-state index in [-0.39, 0.29) is 0 Å². The summed E-state index contributed by atoms with van der Waals surface area (Å²) in [4.78, 5) is 2.20. The fourth-order valence-corrected chi connectivity index (χ4v) is 5.40. The fraction of sp³-hybridized carbons (Fsp3) is 0.474. The van der Waals surface area contributed by atoms with Gasteiger partial charge in [0.2, 0.25) is 0 Å². The van der Waals surface area contributed by atoms with Gasteiger partial charge in [0.25, 0.3) is 0 Å². The highest BCUT2D eigenvalue weighted by Crippen LogP contribution is 2.54. The largest absolute Gasteiger partial charge is 0.416 e. The summed E-state index contributed by atoms with van der Waals surface area (Å²) in [5, 5.41) is 3.04. The summed E-state index contributed by atoms with van der Waals surface area (Å²) in [6.07, 6.45) is -0.580. The molecule has 1 nitrogen and oxygen atoms in total. The van der Waals surface area contributed by atoms with Crippen molar-refractivity contribution in [2.45, 2.75) is 25.4 Å². The van der Waals surface area contributed by atoms with Gasteiger partial charge in [0.05, 0.1) is 5.56 Å². The van der Waals surface area contributed by atoms with Crippen LogP contribution in [0.4, 0.5) is 13.2 Å². The maximum atomic E-state index is 12.9. The van der Waals surface area contributed by atoms with Crippen LogP contribution in [0.2, 0.25) is 0 Å². The molecule has 0 spiro atoms. The van der Waals surface area contributed by atoms with Gasteiger partial charge in [0.1, 0.15) is 0 Å². The molecular formula is C19H20F3NS. The average Bonchev–Trinajstić information content (AvgIpc) is 3.18. The van der Waals surface area contributed by atoms with Crippen LogP contribution in [-0.4, -0.2) is 25.5 Å². The van der Waals surface area contributed by atoms with Gasteiger partial charge < -0.3 is 4.90 Å². The maximum absolute atomic E-state index is 12.9. The Bertz CT molecular complexity index is 816. The van der Waals surface area contributed by atoms with Crippen molar-refractivity contribution in [2.75, 3.05) is 20.6 Å². The summed E-state index contributed by atoms with van der Waals surface area (Å²) in [5.74, 6) is 1.25. The molecule has 0 aliphatic heterocycles. The van der Waals surface area contributed by atoms with E-state index in [4.69, 9.17) is 0 Å². The van der Waals surface area contributed by atoms with E-state index in [1.165, 1.54) is 59.4 Å². The Hall–Kier alpha value is -1.33. The molecule has 5 heteroatoms. The molecule has 0 N–H and O–H groups in total. The molecule has 2 aliphatic carbocycles. The molecule has 1 aromatic heterocycles. The van der Waals surface area contributed by atoms with E-state index in [1.807, 2.05) is 0 Å². The zero-order chi connectivity index (χ0) is 17.1.